The number of carbonyl (C=O) groups excluding carboxylic acids is 1. The molecule has 0 aliphatic heterocycles. The summed E-state index contributed by atoms with van der Waals surface area (Å²) in [5, 5.41) is 12.8. The third-order valence-electron chi connectivity index (χ3n) is 4.24. The van der Waals surface area contributed by atoms with E-state index < -0.39 is 5.54 Å². The van der Waals surface area contributed by atoms with Crippen LogP contribution in [0.5, 0.6) is 5.75 Å². The minimum Gasteiger partial charge on any atom is -0.496 e. The largest absolute Gasteiger partial charge is 0.496 e. The zero-order valence-electron chi connectivity index (χ0n) is 12.7. The SMILES string of the molecule is COc1ccc(N)cc1C(=O)NC1(CO)CCCC(C)C1. The van der Waals surface area contributed by atoms with Crippen LogP contribution < -0.4 is 15.8 Å². The van der Waals surface area contributed by atoms with E-state index in [9.17, 15) is 9.90 Å². The molecule has 1 aliphatic rings. The normalized spacial score (nSPS) is 25.4. The number of nitrogen functional groups attached to an aromatic ring is 1. The molecule has 5 nitrogen and oxygen atoms in total. The van der Waals surface area contributed by atoms with Crippen molar-refractivity contribution >= 4 is 11.6 Å². The lowest BCUT2D eigenvalue weighted by Gasteiger charge is -2.39. The Balaban J connectivity index is 2.22. The van der Waals surface area contributed by atoms with E-state index in [-0.39, 0.29) is 12.5 Å². The maximum atomic E-state index is 12.6. The molecule has 0 heterocycles. The number of hydrogen-bond donors (Lipinski definition) is 3. The molecule has 1 saturated carbocycles. The molecule has 1 aromatic carbocycles. The van der Waals surface area contributed by atoms with Crippen molar-refractivity contribution in [2.24, 2.45) is 5.92 Å². The van der Waals surface area contributed by atoms with Crippen molar-refractivity contribution in [1.82, 2.24) is 5.32 Å². The van der Waals surface area contributed by atoms with Gasteiger partial charge in [-0.05, 0) is 37.0 Å². The fraction of sp³-hybridized carbons (Fsp3) is 0.562. The van der Waals surface area contributed by atoms with Gasteiger partial charge in [0.1, 0.15) is 5.75 Å². The van der Waals surface area contributed by atoms with Crippen molar-refractivity contribution in [2.75, 3.05) is 19.5 Å². The highest BCUT2D eigenvalue weighted by molar-refractivity contribution is 5.98. The molecule has 0 bridgehead atoms. The monoisotopic (exact) mass is 292 g/mol. The lowest BCUT2D eigenvalue weighted by atomic mass is 9.76. The first kappa shape index (κ1) is 15.6. The summed E-state index contributed by atoms with van der Waals surface area (Å²) in [6.07, 6.45) is 3.74. The number of nitrogens with one attached hydrogen (secondary N) is 1. The second kappa shape index (κ2) is 6.35. The van der Waals surface area contributed by atoms with Crippen LogP contribution in [0.1, 0.15) is 43.0 Å². The minimum atomic E-state index is -0.537. The molecule has 116 valence electrons. The summed E-state index contributed by atoms with van der Waals surface area (Å²) in [5.41, 5.74) is 6.13. The first-order valence-electron chi connectivity index (χ1n) is 7.36. The van der Waals surface area contributed by atoms with Crippen molar-refractivity contribution in [2.45, 2.75) is 38.1 Å². The van der Waals surface area contributed by atoms with Crippen LogP contribution in [0.3, 0.4) is 0 Å². The van der Waals surface area contributed by atoms with Crippen LogP contribution in [-0.4, -0.2) is 30.3 Å². The number of rotatable bonds is 4. The minimum absolute atomic E-state index is 0.0479. The molecule has 0 radical (unpaired) electrons. The van der Waals surface area contributed by atoms with E-state index in [0.29, 0.717) is 22.9 Å². The Kier molecular flexibility index (Phi) is 4.73. The van der Waals surface area contributed by atoms with Gasteiger partial charge in [-0.25, -0.2) is 0 Å². The number of nitrogens with two attached hydrogens (primary N) is 1. The third kappa shape index (κ3) is 3.47. The van der Waals surface area contributed by atoms with Crippen molar-refractivity contribution in [1.29, 1.82) is 0 Å². The smallest absolute Gasteiger partial charge is 0.255 e. The van der Waals surface area contributed by atoms with Gasteiger partial charge in [-0.15, -0.1) is 0 Å². The van der Waals surface area contributed by atoms with Crippen molar-refractivity contribution < 1.29 is 14.6 Å². The van der Waals surface area contributed by atoms with Gasteiger partial charge in [0.15, 0.2) is 0 Å². The average molecular weight is 292 g/mol. The van der Waals surface area contributed by atoms with Crippen LogP contribution in [0.15, 0.2) is 18.2 Å². The molecular formula is C16H24N2O3. The summed E-state index contributed by atoms with van der Waals surface area (Å²) < 4.78 is 5.22. The Bertz CT molecular complexity index is 518. The Labute approximate surface area is 125 Å². The number of carbonyl (C=O) groups is 1. The maximum Gasteiger partial charge on any atom is 0.255 e. The number of anilines is 1. The highest BCUT2D eigenvalue weighted by Crippen LogP contribution is 2.33. The average Bonchev–Trinajstić information content (AvgIpc) is 2.47. The topological polar surface area (TPSA) is 84.6 Å². The van der Waals surface area contributed by atoms with Crippen LogP contribution >= 0.6 is 0 Å². The Morgan fingerprint density at radius 3 is 2.95 bits per heavy atom. The van der Waals surface area contributed by atoms with E-state index in [1.807, 2.05) is 0 Å². The van der Waals surface area contributed by atoms with Gasteiger partial charge in [-0.2, -0.15) is 0 Å². The molecule has 0 saturated heterocycles. The molecule has 2 rings (SSSR count). The quantitative estimate of drug-likeness (QED) is 0.741. The second-order valence-corrected chi connectivity index (χ2v) is 6.05. The molecule has 2 atom stereocenters. The zero-order chi connectivity index (χ0) is 15.5. The van der Waals surface area contributed by atoms with E-state index in [0.717, 1.165) is 25.7 Å². The predicted molar refractivity (Wildman–Crippen MR) is 82.3 cm³/mol. The molecule has 1 aliphatic carbocycles. The molecule has 4 N–H and O–H groups in total. The van der Waals surface area contributed by atoms with Crippen molar-refractivity contribution in [3.8, 4) is 5.75 Å². The van der Waals surface area contributed by atoms with E-state index in [4.69, 9.17) is 10.5 Å². The molecule has 0 spiro atoms. The predicted octanol–water partition coefficient (Wildman–Crippen LogP) is 1.95. The van der Waals surface area contributed by atoms with Crippen LogP contribution in [0.4, 0.5) is 5.69 Å². The van der Waals surface area contributed by atoms with Crippen LogP contribution in [-0.2, 0) is 0 Å². The van der Waals surface area contributed by atoms with Crippen LogP contribution in [0.2, 0.25) is 0 Å². The molecule has 1 aromatic rings. The summed E-state index contributed by atoms with van der Waals surface area (Å²) in [4.78, 5) is 12.6. The first-order valence-corrected chi connectivity index (χ1v) is 7.36. The molecule has 1 amide bonds. The van der Waals surface area contributed by atoms with Crippen molar-refractivity contribution in [3.05, 3.63) is 23.8 Å². The fourth-order valence-corrected chi connectivity index (χ4v) is 3.17. The van der Waals surface area contributed by atoms with E-state index in [1.165, 1.54) is 7.11 Å². The number of methoxy groups -OCH3 is 1. The van der Waals surface area contributed by atoms with Gasteiger partial charge >= 0.3 is 0 Å². The summed E-state index contributed by atoms with van der Waals surface area (Å²) in [6.45, 7) is 2.10. The number of amides is 1. The van der Waals surface area contributed by atoms with Gasteiger partial charge in [0, 0.05) is 5.69 Å². The van der Waals surface area contributed by atoms with Gasteiger partial charge < -0.3 is 20.9 Å². The molecular weight excluding hydrogens is 268 g/mol. The maximum absolute atomic E-state index is 12.6. The highest BCUT2D eigenvalue weighted by Gasteiger charge is 2.36. The summed E-state index contributed by atoms with van der Waals surface area (Å²) in [7, 11) is 1.52. The molecule has 1 fully saturated rings. The summed E-state index contributed by atoms with van der Waals surface area (Å²) >= 11 is 0. The summed E-state index contributed by atoms with van der Waals surface area (Å²) in [6, 6.07) is 4.98. The highest BCUT2D eigenvalue weighted by atomic mass is 16.5. The lowest BCUT2D eigenvalue weighted by Crippen LogP contribution is -2.53. The van der Waals surface area contributed by atoms with E-state index in [2.05, 4.69) is 12.2 Å². The van der Waals surface area contributed by atoms with Crippen molar-refractivity contribution in [3.63, 3.8) is 0 Å². The van der Waals surface area contributed by atoms with Crippen LogP contribution in [0, 0.1) is 5.92 Å². The van der Waals surface area contributed by atoms with E-state index in [1.54, 1.807) is 18.2 Å². The fourth-order valence-electron chi connectivity index (χ4n) is 3.17. The Morgan fingerprint density at radius 1 is 1.57 bits per heavy atom. The Hall–Kier alpha value is -1.75. The number of aliphatic hydroxyl groups excluding tert-OH is 1. The lowest BCUT2D eigenvalue weighted by molar-refractivity contribution is 0.0694. The first-order chi connectivity index (χ1) is 9.99. The number of aliphatic hydroxyl groups is 1. The Morgan fingerprint density at radius 2 is 2.33 bits per heavy atom. The number of benzene rings is 1. The van der Waals surface area contributed by atoms with E-state index >= 15 is 0 Å². The second-order valence-electron chi connectivity index (χ2n) is 6.05. The molecule has 2 unspecified atom stereocenters. The van der Waals surface area contributed by atoms with Gasteiger partial charge in [0.05, 0.1) is 24.8 Å². The standard InChI is InChI=1S/C16H24N2O3/c1-11-4-3-7-16(9-11,10-19)18-15(20)13-8-12(17)5-6-14(13)21-2/h5-6,8,11,19H,3-4,7,9-10,17H2,1-2H3,(H,18,20). The molecule has 5 heteroatoms. The third-order valence-corrected chi connectivity index (χ3v) is 4.24. The van der Waals surface area contributed by atoms with Crippen LogP contribution in [0.25, 0.3) is 0 Å². The van der Waals surface area contributed by atoms with Gasteiger partial charge in [-0.1, -0.05) is 19.8 Å². The zero-order valence-corrected chi connectivity index (χ0v) is 12.7. The molecule has 0 aromatic heterocycles. The molecule has 21 heavy (non-hydrogen) atoms. The van der Waals surface area contributed by atoms with Gasteiger partial charge in [-0.3, -0.25) is 4.79 Å². The number of ether oxygens (including phenoxy) is 1. The summed E-state index contributed by atoms with van der Waals surface area (Å²) in [5.74, 6) is 0.731. The number of hydrogen-bond acceptors (Lipinski definition) is 4. The van der Waals surface area contributed by atoms with Gasteiger partial charge in [0.2, 0.25) is 0 Å². The van der Waals surface area contributed by atoms with Gasteiger partial charge in [0.25, 0.3) is 5.91 Å².